The molecule has 1 amide bonds. The Morgan fingerprint density at radius 2 is 2.20 bits per heavy atom. The number of nitrogens with two attached hydrogens (primary N) is 2. The van der Waals surface area contributed by atoms with Crippen LogP contribution in [0.4, 0.5) is 0 Å². The van der Waals surface area contributed by atoms with Crippen LogP contribution in [0.25, 0.3) is 0 Å². The summed E-state index contributed by atoms with van der Waals surface area (Å²) in [7, 11) is 0. The molecule has 0 aliphatic carbocycles. The summed E-state index contributed by atoms with van der Waals surface area (Å²) in [6, 6.07) is 0. The third-order valence-electron chi connectivity index (χ3n) is 0.966. The Bertz CT molecular complexity index is 95.6. The molecule has 0 bridgehead atoms. The van der Waals surface area contributed by atoms with Crippen LogP contribution >= 0.6 is 0 Å². The van der Waals surface area contributed by atoms with Crippen LogP contribution in [0.2, 0.25) is 0 Å². The highest BCUT2D eigenvalue weighted by molar-refractivity contribution is 5.77. The maximum absolute atomic E-state index is 10.6. The highest BCUT2D eigenvalue weighted by Gasteiger charge is 1.95. The Morgan fingerprint density at radius 3 is 2.70 bits per heavy atom. The minimum Gasteiger partial charge on any atom is -0.355 e. The maximum atomic E-state index is 10.6. The molecule has 60 valence electrons. The van der Waals surface area contributed by atoms with Gasteiger partial charge in [-0.05, 0) is 13.0 Å². The molecule has 0 rings (SSSR count). The molecular weight excluding hydrogens is 132 g/mol. The highest BCUT2D eigenvalue weighted by Crippen LogP contribution is 1.68. The standard InChI is InChI=1S/C5H14N4O/c6-2-1-3-8-5(10)4-9-7/h9H,1-4,6-7H2,(H,8,10). The van der Waals surface area contributed by atoms with E-state index < -0.39 is 0 Å². The number of nitrogens with one attached hydrogen (secondary N) is 2. The minimum atomic E-state index is -0.101. The molecule has 0 saturated heterocycles. The molecule has 0 unspecified atom stereocenters. The molecule has 6 N–H and O–H groups in total. The molecule has 0 aromatic rings. The smallest absolute Gasteiger partial charge is 0.235 e. The first kappa shape index (κ1) is 9.35. The number of hydrazine groups is 1. The van der Waals surface area contributed by atoms with Crippen molar-refractivity contribution < 1.29 is 4.79 Å². The van der Waals surface area contributed by atoms with Crippen molar-refractivity contribution in [2.75, 3.05) is 19.6 Å². The van der Waals surface area contributed by atoms with E-state index in [0.29, 0.717) is 13.1 Å². The first-order valence-corrected chi connectivity index (χ1v) is 3.21. The van der Waals surface area contributed by atoms with E-state index >= 15 is 0 Å². The van der Waals surface area contributed by atoms with Gasteiger partial charge < -0.3 is 11.1 Å². The van der Waals surface area contributed by atoms with Crippen LogP contribution in [-0.4, -0.2) is 25.5 Å². The van der Waals surface area contributed by atoms with Gasteiger partial charge in [0.15, 0.2) is 0 Å². The molecule has 5 nitrogen and oxygen atoms in total. The Balaban J connectivity index is 3.05. The van der Waals surface area contributed by atoms with Gasteiger partial charge in [0.05, 0.1) is 6.54 Å². The predicted molar refractivity (Wildman–Crippen MR) is 38.9 cm³/mol. The zero-order valence-corrected chi connectivity index (χ0v) is 5.89. The lowest BCUT2D eigenvalue weighted by atomic mass is 10.4. The van der Waals surface area contributed by atoms with Crippen molar-refractivity contribution in [2.24, 2.45) is 11.6 Å². The predicted octanol–water partition coefficient (Wildman–Crippen LogP) is -2.09. The van der Waals surface area contributed by atoms with E-state index in [1.807, 2.05) is 0 Å². The average molecular weight is 146 g/mol. The van der Waals surface area contributed by atoms with Gasteiger partial charge in [0.1, 0.15) is 0 Å². The van der Waals surface area contributed by atoms with E-state index in [2.05, 4.69) is 10.7 Å². The molecule has 0 aromatic carbocycles. The zero-order chi connectivity index (χ0) is 7.82. The second-order valence-electron chi connectivity index (χ2n) is 1.87. The van der Waals surface area contributed by atoms with Gasteiger partial charge in [-0.15, -0.1) is 0 Å². The largest absolute Gasteiger partial charge is 0.355 e. The Kier molecular flexibility index (Phi) is 6.05. The van der Waals surface area contributed by atoms with Crippen molar-refractivity contribution in [3.05, 3.63) is 0 Å². The third kappa shape index (κ3) is 5.49. The average Bonchev–Trinajstić information content (AvgIpc) is 1.89. The van der Waals surface area contributed by atoms with Gasteiger partial charge in [-0.3, -0.25) is 16.1 Å². The fraction of sp³-hybridized carbons (Fsp3) is 0.800. The molecular formula is C5H14N4O. The monoisotopic (exact) mass is 146 g/mol. The van der Waals surface area contributed by atoms with Crippen molar-refractivity contribution in [2.45, 2.75) is 6.42 Å². The Labute approximate surface area is 60.1 Å². The third-order valence-corrected chi connectivity index (χ3v) is 0.966. The van der Waals surface area contributed by atoms with Gasteiger partial charge in [-0.1, -0.05) is 0 Å². The molecule has 0 aliphatic heterocycles. The van der Waals surface area contributed by atoms with E-state index in [-0.39, 0.29) is 12.5 Å². The molecule has 0 atom stereocenters. The van der Waals surface area contributed by atoms with Gasteiger partial charge in [0.25, 0.3) is 0 Å². The Hall–Kier alpha value is -0.650. The van der Waals surface area contributed by atoms with Crippen molar-refractivity contribution in [1.29, 1.82) is 0 Å². The molecule has 5 heteroatoms. The van der Waals surface area contributed by atoms with Gasteiger partial charge in [0, 0.05) is 6.54 Å². The van der Waals surface area contributed by atoms with E-state index in [4.69, 9.17) is 11.6 Å². The molecule has 0 aromatic heterocycles. The minimum absolute atomic E-state index is 0.101. The summed E-state index contributed by atoms with van der Waals surface area (Å²) in [5.74, 6) is 4.80. The van der Waals surface area contributed by atoms with E-state index in [0.717, 1.165) is 6.42 Å². The van der Waals surface area contributed by atoms with Crippen LogP contribution in [0.15, 0.2) is 0 Å². The fourth-order valence-corrected chi connectivity index (χ4v) is 0.485. The van der Waals surface area contributed by atoms with E-state index in [1.54, 1.807) is 0 Å². The number of amides is 1. The van der Waals surface area contributed by atoms with Gasteiger partial charge in [-0.25, -0.2) is 0 Å². The van der Waals surface area contributed by atoms with Crippen molar-refractivity contribution in [1.82, 2.24) is 10.7 Å². The van der Waals surface area contributed by atoms with Gasteiger partial charge in [-0.2, -0.15) is 0 Å². The van der Waals surface area contributed by atoms with Crippen molar-refractivity contribution in [3.8, 4) is 0 Å². The Morgan fingerprint density at radius 1 is 1.50 bits per heavy atom. The van der Waals surface area contributed by atoms with Gasteiger partial charge in [0.2, 0.25) is 5.91 Å². The summed E-state index contributed by atoms with van der Waals surface area (Å²) >= 11 is 0. The van der Waals surface area contributed by atoms with Crippen LogP contribution in [-0.2, 0) is 4.79 Å². The summed E-state index contributed by atoms with van der Waals surface area (Å²) in [6.07, 6.45) is 0.802. The fourth-order valence-electron chi connectivity index (χ4n) is 0.485. The zero-order valence-electron chi connectivity index (χ0n) is 5.89. The van der Waals surface area contributed by atoms with Gasteiger partial charge >= 0.3 is 0 Å². The summed E-state index contributed by atoms with van der Waals surface area (Å²) in [5, 5.41) is 2.62. The SMILES string of the molecule is NCCCNC(=O)CNN. The molecule has 0 radical (unpaired) electrons. The second-order valence-corrected chi connectivity index (χ2v) is 1.87. The van der Waals surface area contributed by atoms with E-state index in [9.17, 15) is 4.79 Å². The van der Waals surface area contributed by atoms with Crippen LogP contribution in [0, 0.1) is 0 Å². The lowest BCUT2D eigenvalue weighted by Gasteiger charge is -2.01. The first-order valence-electron chi connectivity index (χ1n) is 3.21. The molecule has 0 heterocycles. The second kappa shape index (κ2) is 6.47. The summed E-state index contributed by atoms with van der Waals surface area (Å²) < 4.78 is 0. The van der Waals surface area contributed by atoms with Crippen LogP contribution < -0.4 is 22.3 Å². The lowest BCUT2D eigenvalue weighted by molar-refractivity contribution is -0.120. The number of rotatable bonds is 5. The molecule has 0 aliphatic rings. The number of hydrogen-bond donors (Lipinski definition) is 4. The number of carbonyl (C=O) groups excluding carboxylic acids is 1. The molecule has 0 fully saturated rings. The van der Waals surface area contributed by atoms with Crippen LogP contribution in [0.5, 0.6) is 0 Å². The first-order chi connectivity index (χ1) is 4.81. The van der Waals surface area contributed by atoms with Crippen LogP contribution in [0.1, 0.15) is 6.42 Å². The molecule has 0 saturated carbocycles. The van der Waals surface area contributed by atoms with Crippen molar-refractivity contribution >= 4 is 5.91 Å². The molecule has 0 spiro atoms. The summed E-state index contributed by atoms with van der Waals surface area (Å²) in [5.41, 5.74) is 7.45. The normalized spacial score (nSPS) is 9.40. The number of carbonyl (C=O) groups is 1. The molecule has 10 heavy (non-hydrogen) atoms. The topological polar surface area (TPSA) is 93.2 Å². The van der Waals surface area contributed by atoms with Crippen LogP contribution in [0.3, 0.4) is 0 Å². The maximum Gasteiger partial charge on any atom is 0.235 e. The van der Waals surface area contributed by atoms with Crippen molar-refractivity contribution in [3.63, 3.8) is 0 Å². The summed E-state index contributed by atoms with van der Waals surface area (Å²) in [6.45, 7) is 1.37. The van der Waals surface area contributed by atoms with E-state index in [1.165, 1.54) is 0 Å². The lowest BCUT2D eigenvalue weighted by Crippen LogP contribution is -2.37. The quantitative estimate of drug-likeness (QED) is 0.203. The number of hydrogen-bond acceptors (Lipinski definition) is 4. The highest BCUT2D eigenvalue weighted by atomic mass is 16.1. The summed E-state index contributed by atoms with van der Waals surface area (Å²) in [4.78, 5) is 10.6.